The van der Waals surface area contributed by atoms with Gasteiger partial charge in [0.05, 0.1) is 0 Å². The molecule has 5 unspecified atom stereocenters. The molecule has 2 aliphatic rings. The maximum Gasteiger partial charge on any atom is 0.407 e. The van der Waals surface area contributed by atoms with E-state index in [1.165, 1.54) is 32.1 Å². The molecule has 2 rings (SSSR count). The number of rotatable bonds is 3. The Hall–Kier alpha value is -0.770. The lowest BCUT2D eigenvalue weighted by Crippen LogP contribution is -2.49. The number of alkyl carbamates (subject to hydrolysis) is 1. The molecule has 134 valence electrons. The first-order valence-corrected chi connectivity index (χ1v) is 9.48. The molecule has 2 saturated carbocycles. The van der Waals surface area contributed by atoms with Crippen LogP contribution in [0, 0.1) is 11.8 Å². The highest BCUT2D eigenvalue weighted by molar-refractivity contribution is 5.68. The number of amides is 1. The second-order valence-electron chi connectivity index (χ2n) is 8.84. The Labute approximate surface area is 142 Å². The van der Waals surface area contributed by atoms with Crippen LogP contribution in [0.5, 0.6) is 0 Å². The molecule has 0 saturated heterocycles. The minimum atomic E-state index is -0.425. The SMILES string of the molecule is CC1CCC(NC2CCCC(NC(=O)OC(C)(C)C)C2)CC1C. The minimum absolute atomic E-state index is 0.246. The summed E-state index contributed by atoms with van der Waals surface area (Å²) in [6.45, 7) is 10.5. The zero-order chi connectivity index (χ0) is 17.0. The summed E-state index contributed by atoms with van der Waals surface area (Å²) in [4.78, 5) is 11.9. The van der Waals surface area contributed by atoms with Gasteiger partial charge in [-0.25, -0.2) is 4.79 Å². The predicted molar refractivity (Wildman–Crippen MR) is 94.5 cm³/mol. The molecule has 2 N–H and O–H groups in total. The third-order valence-electron chi connectivity index (χ3n) is 5.46. The first-order valence-electron chi connectivity index (χ1n) is 9.48. The van der Waals surface area contributed by atoms with Gasteiger partial charge in [-0.2, -0.15) is 0 Å². The van der Waals surface area contributed by atoms with Gasteiger partial charge in [0.2, 0.25) is 0 Å². The van der Waals surface area contributed by atoms with Crippen LogP contribution in [0.25, 0.3) is 0 Å². The highest BCUT2D eigenvalue weighted by atomic mass is 16.6. The standard InChI is InChI=1S/C19H36N2O2/c1-13-9-10-17(11-14(13)2)20-15-7-6-8-16(12-15)21-18(22)23-19(3,4)5/h13-17,20H,6-12H2,1-5H3,(H,21,22). The Balaban J connectivity index is 1.76. The molecular formula is C19H36N2O2. The second kappa shape index (κ2) is 7.87. The Morgan fingerprint density at radius 2 is 1.57 bits per heavy atom. The lowest BCUT2D eigenvalue weighted by atomic mass is 9.78. The molecule has 0 heterocycles. The van der Waals surface area contributed by atoms with Gasteiger partial charge < -0.3 is 15.4 Å². The molecule has 4 heteroatoms. The second-order valence-corrected chi connectivity index (χ2v) is 8.84. The molecule has 5 atom stereocenters. The summed E-state index contributed by atoms with van der Waals surface area (Å²) >= 11 is 0. The van der Waals surface area contributed by atoms with Crippen molar-refractivity contribution in [3.05, 3.63) is 0 Å². The Morgan fingerprint density at radius 1 is 0.913 bits per heavy atom. The molecule has 0 bridgehead atoms. The predicted octanol–water partition coefficient (Wildman–Crippen LogP) is 4.24. The van der Waals surface area contributed by atoms with Crippen molar-refractivity contribution in [1.82, 2.24) is 10.6 Å². The maximum atomic E-state index is 11.9. The van der Waals surface area contributed by atoms with Gasteiger partial charge in [0.15, 0.2) is 0 Å². The number of carbonyl (C=O) groups excluding carboxylic acids is 1. The highest BCUT2D eigenvalue weighted by Crippen LogP contribution is 2.30. The molecule has 0 spiro atoms. The first-order chi connectivity index (χ1) is 10.7. The van der Waals surface area contributed by atoms with E-state index in [-0.39, 0.29) is 12.1 Å². The summed E-state index contributed by atoms with van der Waals surface area (Å²) < 4.78 is 5.38. The number of nitrogens with one attached hydrogen (secondary N) is 2. The molecule has 0 radical (unpaired) electrons. The fraction of sp³-hybridized carbons (Fsp3) is 0.947. The Kier molecular flexibility index (Phi) is 6.35. The molecule has 23 heavy (non-hydrogen) atoms. The summed E-state index contributed by atoms with van der Waals surface area (Å²) in [5.74, 6) is 1.68. The van der Waals surface area contributed by atoms with Crippen molar-refractivity contribution in [2.24, 2.45) is 11.8 Å². The Bertz CT molecular complexity index is 391. The fourth-order valence-electron chi connectivity index (χ4n) is 3.98. The van der Waals surface area contributed by atoms with Crippen LogP contribution in [-0.2, 0) is 4.74 Å². The molecule has 1 amide bonds. The van der Waals surface area contributed by atoms with Crippen molar-refractivity contribution in [1.29, 1.82) is 0 Å². The lowest BCUT2D eigenvalue weighted by molar-refractivity contribution is 0.0487. The van der Waals surface area contributed by atoms with Crippen molar-refractivity contribution in [2.75, 3.05) is 0 Å². The Morgan fingerprint density at radius 3 is 2.22 bits per heavy atom. The van der Waals surface area contributed by atoms with E-state index < -0.39 is 5.60 Å². The minimum Gasteiger partial charge on any atom is -0.444 e. The van der Waals surface area contributed by atoms with Crippen molar-refractivity contribution < 1.29 is 9.53 Å². The first kappa shape index (κ1) is 18.6. The summed E-state index contributed by atoms with van der Waals surface area (Å²) in [6, 6.07) is 1.44. The van der Waals surface area contributed by atoms with Crippen LogP contribution in [-0.4, -0.2) is 29.8 Å². The summed E-state index contributed by atoms with van der Waals surface area (Å²) in [5, 5.41) is 6.93. The van der Waals surface area contributed by atoms with E-state index in [0.29, 0.717) is 12.1 Å². The number of ether oxygens (including phenoxy) is 1. The summed E-state index contributed by atoms with van der Waals surface area (Å²) in [6.07, 6.45) is 8.15. The summed E-state index contributed by atoms with van der Waals surface area (Å²) in [5.41, 5.74) is -0.425. The third-order valence-corrected chi connectivity index (χ3v) is 5.46. The van der Waals surface area contributed by atoms with Gasteiger partial charge in [-0.15, -0.1) is 0 Å². The topological polar surface area (TPSA) is 50.4 Å². The fourth-order valence-corrected chi connectivity index (χ4v) is 3.98. The zero-order valence-electron chi connectivity index (χ0n) is 15.7. The number of hydrogen-bond acceptors (Lipinski definition) is 3. The lowest BCUT2D eigenvalue weighted by Gasteiger charge is -2.38. The van der Waals surface area contributed by atoms with Gasteiger partial charge in [0.25, 0.3) is 0 Å². The van der Waals surface area contributed by atoms with Crippen LogP contribution in [0.1, 0.15) is 79.6 Å². The van der Waals surface area contributed by atoms with Crippen molar-refractivity contribution in [3.8, 4) is 0 Å². The number of carbonyl (C=O) groups is 1. The van der Waals surface area contributed by atoms with Crippen LogP contribution in [0.2, 0.25) is 0 Å². The van der Waals surface area contributed by atoms with Gasteiger partial charge in [0.1, 0.15) is 5.60 Å². The number of hydrogen-bond donors (Lipinski definition) is 2. The van der Waals surface area contributed by atoms with E-state index in [1.54, 1.807) is 0 Å². The van der Waals surface area contributed by atoms with Gasteiger partial charge >= 0.3 is 6.09 Å². The normalized spacial score (nSPS) is 35.6. The average Bonchev–Trinajstić information content (AvgIpc) is 2.41. The van der Waals surface area contributed by atoms with E-state index in [9.17, 15) is 4.79 Å². The third kappa shape index (κ3) is 6.33. The smallest absolute Gasteiger partial charge is 0.407 e. The van der Waals surface area contributed by atoms with E-state index in [0.717, 1.165) is 24.7 Å². The molecule has 2 aliphatic carbocycles. The highest BCUT2D eigenvalue weighted by Gasteiger charge is 2.29. The van der Waals surface area contributed by atoms with E-state index in [4.69, 9.17) is 4.74 Å². The molecular weight excluding hydrogens is 288 g/mol. The van der Waals surface area contributed by atoms with E-state index >= 15 is 0 Å². The maximum absolute atomic E-state index is 11.9. The van der Waals surface area contributed by atoms with Gasteiger partial charge in [-0.1, -0.05) is 13.8 Å². The van der Waals surface area contributed by atoms with Crippen molar-refractivity contribution >= 4 is 6.09 Å². The van der Waals surface area contributed by atoms with Crippen LogP contribution in [0.15, 0.2) is 0 Å². The monoisotopic (exact) mass is 324 g/mol. The van der Waals surface area contributed by atoms with Gasteiger partial charge in [-0.05, 0) is 77.6 Å². The van der Waals surface area contributed by atoms with Crippen molar-refractivity contribution in [2.45, 2.75) is 103 Å². The largest absolute Gasteiger partial charge is 0.444 e. The van der Waals surface area contributed by atoms with Crippen molar-refractivity contribution in [3.63, 3.8) is 0 Å². The van der Waals surface area contributed by atoms with Crippen LogP contribution in [0.4, 0.5) is 4.79 Å². The molecule has 0 aromatic carbocycles. The summed E-state index contributed by atoms with van der Waals surface area (Å²) in [7, 11) is 0. The van der Waals surface area contributed by atoms with E-state index in [1.807, 2.05) is 20.8 Å². The van der Waals surface area contributed by atoms with Gasteiger partial charge in [0, 0.05) is 18.1 Å². The quantitative estimate of drug-likeness (QED) is 0.816. The van der Waals surface area contributed by atoms with Crippen LogP contribution in [0.3, 0.4) is 0 Å². The molecule has 0 aromatic heterocycles. The zero-order valence-corrected chi connectivity index (χ0v) is 15.7. The average molecular weight is 325 g/mol. The van der Waals surface area contributed by atoms with Gasteiger partial charge in [-0.3, -0.25) is 0 Å². The molecule has 0 aromatic rings. The molecule has 0 aliphatic heterocycles. The molecule has 2 fully saturated rings. The van der Waals surface area contributed by atoms with Crippen LogP contribution < -0.4 is 10.6 Å². The van der Waals surface area contributed by atoms with Crippen LogP contribution >= 0.6 is 0 Å². The van der Waals surface area contributed by atoms with E-state index in [2.05, 4.69) is 24.5 Å². The molecule has 4 nitrogen and oxygen atoms in total.